The van der Waals surface area contributed by atoms with Crippen LogP contribution in [0.1, 0.15) is 22.8 Å². The zero-order chi connectivity index (χ0) is 20.3. The van der Waals surface area contributed by atoms with Gasteiger partial charge in [0.25, 0.3) is 5.91 Å². The van der Waals surface area contributed by atoms with Gasteiger partial charge in [-0.3, -0.25) is 14.8 Å². The van der Waals surface area contributed by atoms with Gasteiger partial charge in [-0.1, -0.05) is 17.7 Å². The van der Waals surface area contributed by atoms with Crippen LogP contribution in [0.25, 0.3) is 11.0 Å². The second kappa shape index (κ2) is 8.22. The summed E-state index contributed by atoms with van der Waals surface area (Å²) >= 11 is 6.07. The van der Waals surface area contributed by atoms with Gasteiger partial charge >= 0.3 is 5.97 Å². The number of rotatable bonds is 5. The van der Waals surface area contributed by atoms with Gasteiger partial charge in [0.05, 0.1) is 23.9 Å². The van der Waals surface area contributed by atoms with Crippen LogP contribution in [0.2, 0.25) is 5.02 Å². The van der Waals surface area contributed by atoms with Crippen molar-refractivity contribution in [3.05, 3.63) is 58.9 Å². The molecule has 7 nitrogen and oxygen atoms in total. The zero-order valence-corrected chi connectivity index (χ0v) is 16.3. The Labute approximate surface area is 166 Å². The van der Waals surface area contributed by atoms with Crippen LogP contribution in [0.5, 0.6) is 5.75 Å². The quantitative estimate of drug-likeness (QED) is 0.656. The number of halogens is 1. The minimum atomic E-state index is -1.04. The highest BCUT2D eigenvalue weighted by atomic mass is 35.5. The first kappa shape index (κ1) is 19.6. The summed E-state index contributed by atoms with van der Waals surface area (Å²) in [4.78, 5) is 33.4. The lowest BCUT2D eigenvalue weighted by Crippen LogP contribution is -2.30. The number of para-hydroxylation sites is 1. The first-order valence-electron chi connectivity index (χ1n) is 8.46. The smallest absolute Gasteiger partial charge is 0.341 e. The molecule has 0 spiro atoms. The molecule has 3 rings (SSSR count). The number of carbonyl (C=O) groups excluding carboxylic acids is 2. The van der Waals surface area contributed by atoms with Crippen molar-refractivity contribution in [2.75, 3.05) is 12.4 Å². The Bertz CT molecular complexity index is 1050. The van der Waals surface area contributed by atoms with Crippen LogP contribution >= 0.6 is 11.6 Å². The lowest BCUT2D eigenvalue weighted by atomic mass is 10.1. The molecular formula is C20H18ClN3O4. The van der Waals surface area contributed by atoms with Crippen LogP contribution in [-0.2, 0) is 9.53 Å². The second-order valence-electron chi connectivity index (χ2n) is 6.07. The Hall–Kier alpha value is -3.19. The molecule has 0 radical (unpaired) electrons. The van der Waals surface area contributed by atoms with Gasteiger partial charge in [-0.05, 0) is 37.6 Å². The highest BCUT2D eigenvalue weighted by Gasteiger charge is 2.22. The fourth-order valence-corrected chi connectivity index (χ4v) is 2.75. The van der Waals surface area contributed by atoms with Crippen molar-refractivity contribution < 1.29 is 19.1 Å². The largest absolute Gasteiger partial charge is 0.495 e. The molecule has 8 heteroatoms. The van der Waals surface area contributed by atoms with Gasteiger partial charge in [-0.2, -0.15) is 0 Å². The molecular weight excluding hydrogens is 382 g/mol. The number of aryl methyl sites for hydroxylation is 1. The van der Waals surface area contributed by atoms with E-state index in [0.29, 0.717) is 27.5 Å². The van der Waals surface area contributed by atoms with Crippen LogP contribution in [0, 0.1) is 6.92 Å². The standard InChI is InChI=1S/C20H18ClN3O4/c1-11-9-16(17(27-3)10-14(11)21)24-19(25)12(2)28-20(26)13-5-4-6-15-18(13)23-8-7-22-15/h4-10,12H,1-3H3,(H,24,25). The highest BCUT2D eigenvalue weighted by molar-refractivity contribution is 6.31. The monoisotopic (exact) mass is 399 g/mol. The first-order chi connectivity index (χ1) is 13.4. The molecule has 144 valence electrons. The lowest BCUT2D eigenvalue weighted by Gasteiger charge is -2.16. The summed E-state index contributed by atoms with van der Waals surface area (Å²) in [5, 5.41) is 3.22. The number of fused-ring (bicyclic) bond motifs is 1. The number of nitrogens with zero attached hydrogens (tertiary/aromatic N) is 2. The second-order valence-corrected chi connectivity index (χ2v) is 6.48. The third kappa shape index (κ3) is 4.04. The Kier molecular flexibility index (Phi) is 5.75. The van der Waals surface area contributed by atoms with Gasteiger partial charge in [0.15, 0.2) is 6.10 Å². The van der Waals surface area contributed by atoms with E-state index < -0.39 is 18.0 Å². The van der Waals surface area contributed by atoms with Crippen LogP contribution in [0.3, 0.4) is 0 Å². The number of methoxy groups -OCH3 is 1. The van der Waals surface area contributed by atoms with E-state index in [2.05, 4.69) is 15.3 Å². The summed E-state index contributed by atoms with van der Waals surface area (Å²) in [6.07, 6.45) is 1.99. The maximum atomic E-state index is 12.5. The van der Waals surface area contributed by atoms with Crippen molar-refractivity contribution in [3.8, 4) is 5.75 Å². The number of carbonyl (C=O) groups is 2. The van der Waals surface area contributed by atoms with E-state index in [0.717, 1.165) is 5.56 Å². The maximum Gasteiger partial charge on any atom is 0.341 e. The first-order valence-corrected chi connectivity index (χ1v) is 8.84. The molecule has 0 fully saturated rings. The Morgan fingerprint density at radius 3 is 2.68 bits per heavy atom. The molecule has 1 unspecified atom stereocenters. The minimum Gasteiger partial charge on any atom is -0.495 e. The Morgan fingerprint density at radius 2 is 1.93 bits per heavy atom. The average molecular weight is 400 g/mol. The summed E-state index contributed by atoms with van der Waals surface area (Å²) < 4.78 is 10.6. The maximum absolute atomic E-state index is 12.5. The molecule has 1 heterocycles. The molecule has 0 aliphatic carbocycles. The number of nitrogens with one attached hydrogen (secondary N) is 1. The topological polar surface area (TPSA) is 90.4 Å². The van der Waals surface area contributed by atoms with Gasteiger partial charge in [-0.15, -0.1) is 0 Å². The van der Waals surface area contributed by atoms with E-state index in [-0.39, 0.29) is 5.56 Å². The average Bonchev–Trinajstić information content (AvgIpc) is 2.69. The summed E-state index contributed by atoms with van der Waals surface area (Å²) in [6, 6.07) is 8.30. The molecule has 0 saturated carbocycles. The molecule has 1 N–H and O–H groups in total. The van der Waals surface area contributed by atoms with Crippen molar-refractivity contribution in [3.63, 3.8) is 0 Å². The summed E-state index contributed by atoms with van der Waals surface area (Å²) in [7, 11) is 1.47. The summed E-state index contributed by atoms with van der Waals surface area (Å²) in [6.45, 7) is 3.29. The number of anilines is 1. The molecule has 0 saturated heterocycles. The predicted molar refractivity (Wildman–Crippen MR) is 106 cm³/mol. The van der Waals surface area contributed by atoms with E-state index in [1.54, 1.807) is 30.3 Å². The summed E-state index contributed by atoms with van der Waals surface area (Å²) in [5.41, 5.74) is 2.43. The fraction of sp³-hybridized carbons (Fsp3) is 0.200. The van der Waals surface area contributed by atoms with E-state index in [4.69, 9.17) is 21.1 Å². The molecule has 0 aliphatic rings. The third-order valence-electron chi connectivity index (χ3n) is 4.11. The number of ether oxygens (including phenoxy) is 2. The molecule has 0 bridgehead atoms. The van der Waals surface area contributed by atoms with Gasteiger partial charge in [0.2, 0.25) is 0 Å². The molecule has 1 atom stereocenters. The van der Waals surface area contributed by atoms with E-state index in [1.165, 1.54) is 26.4 Å². The third-order valence-corrected chi connectivity index (χ3v) is 4.52. The number of benzene rings is 2. The van der Waals surface area contributed by atoms with Gasteiger partial charge in [0.1, 0.15) is 11.3 Å². The highest BCUT2D eigenvalue weighted by Crippen LogP contribution is 2.31. The fourth-order valence-electron chi connectivity index (χ4n) is 2.60. The van der Waals surface area contributed by atoms with Crippen molar-refractivity contribution in [2.24, 2.45) is 0 Å². The number of esters is 1. The van der Waals surface area contributed by atoms with Crippen molar-refractivity contribution in [1.29, 1.82) is 0 Å². The Morgan fingerprint density at radius 1 is 1.18 bits per heavy atom. The molecule has 1 amide bonds. The molecule has 28 heavy (non-hydrogen) atoms. The van der Waals surface area contributed by atoms with E-state index >= 15 is 0 Å². The SMILES string of the molecule is COc1cc(Cl)c(C)cc1NC(=O)C(C)OC(=O)c1cccc2nccnc12. The van der Waals surface area contributed by atoms with Crippen molar-refractivity contribution in [1.82, 2.24) is 9.97 Å². The van der Waals surface area contributed by atoms with Crippen LogP contribution in [-0.4, -0.2) is 35.1 Å². The lowest BCUT2D eigenvalue weighted by molar-refractivity contribution is -0.123. The van der Waals surface area contributed by atoms with Gasteiger partial charge in [0, 0.05) is 23.5 Å². The molecule has 3 aromatic rings. The van der Waals surface area contributed by atoms with Gasteiger partial charge < -0.3 is 14.8 Å². The number of amides is 1. The Balaban J connectivity index is 1.76. The van der Waals surface area contributed by atoms with Gasteiger partial charge in [-0.25, -0.2) is 4.79 Å². The number of hydrogen-bond acceptors (Lipinski definition) is 6. The van der Waals surface area contributed by atoms with E-state index in [1.807, 2.05) is 6.92 Å². The minimum absolute atomic E-state index is 0.241. The van der Waals surface area contributed by atoms with E-state index in [9.17, 15) is 9.59 Å². The van der Waals surface area contributed by atoms with Crippen LogP contribution in [0.4, 0.5) is 5.69 Å². The van der Waals surface area contributed by atoms with Crippen LogP contribution in [0.15, 0.2) is 42.7 Å². The van der Waals surface area contributed by atoms with Crippen LogP contribution < -0.4 is 10.1 Å². The normalized spacial score (nSPS) is 11.7. The zero-order valence-electron chi connectivity index (χ0n) is 15.5. The van der Waals surface area contributed by atoms with Crippen molar-refractivity contribution in [2.45, 2.75) is 20.0 Å². The number of aromatic nitrogens is 2. The van der Waals surface area contributed by atoms with Crippen molar-refractivity contribution >= 4 is 40.2 Å². The molecule has 2 aromatic carbocycles. The molecule has 0 aliphatic heterocycles. The predicted octanol–water partition coefficient (Wildman–Crippen LogP) is 3.78. The number of hydrogen-bond donors (Lipinski definition) is 1. The molecule has 1 aromatic heterocycles. The summed E-state index contributed by atoms with van der Waals surface area (Å²) in [5.74, 6) is -0.750.